The minimum atomic E-state index is 0.529. The number of pyridine rings is 1. The van der Waals surface area contributed by atoms with Gasteiger partial charge in [0.25, 0.3) is 0 Å². The van der Waals surface area contributed by atoms with Crippen LogP contribution in [0.15, 0.2) is 53.0 Å². The fourth-order valence-electron chi connectivity index (χ4n) is 2.67. The smallest absolute Gasteiger partial charge is 0.219 e. The van der Waals surface area contributed by atoms with Gasteiger partial charge in [-0.3, -0.25) is 0 Å². The van der Waals surface area contributed by atoms with Crippen molar-refractivity contribution in [2.75, 3.05) is 20.2 Å². The highest BCUT2D eigenvalue weighted by atomic mass is 32.1. The van der Waals surface area contributed by atoms with Gasteiger partial charge in [0.15, 0.2) is 5.96 Å². The second kappa shape index (κ2) is 11.2. The summed E-state index contributed by atoms with van der Waals surface area (Å²) in [7, 11) is 1.64. The van der Waals surface area contributed by atoms with E-state index in [0.717, 1.165) is 47.5 Å². The number of aromatic nitrogens is 2. The highest BCUT2D eigenvalue weighted by Gasteiger charge is 2.03. The number of aryl methyl sites for hydroxylation is 1. The first-order valence-corrected chi connectivity index (χ1v) is 10.7. The minimum Gasteiger partial charge on any atom is -0.497 e. The first kappa shape index (κ1) is 21.6. The van der Waals surface area contributed by atoms with Crippen LogP contribution in [0.25, 0.3) is 0 Å². The molecule has 0 fully saturated rings. The lowest BCUT2D eigenvalue weighted by Gasteiger charge is -2.11. The van der Waals surface area contributed by atoms with Gasteiger partial charge in [-0.25, -0.2) is 15.0 Å². The lowest BCUT2D eigenvalue weighted by Crippen LogP contribution is -2.38. The minimum absolute atomic E-state index is 0.529. The number of hydrogen-bond donors (Lipinski definition) is 2. The molecule has 2 N–H and O–H groups in total. The number of benzene rings is 1. The number of aliphatic imine (C=N–C) groups is 1. The van der Waals surface area contributed by atoms with Gasteiger partial charge in [-0.2, -0.15) is 0 Å². The average Bonchev–Trinajstić information content (AvgIpc) is 3.18. The molecule has 0 saturated heterocycles. The Morgan fingerprint density at radius 1 is 1.10 bits per heavy atom. The number of methoxy groups -OCH3 is 1. The normalized spacial score (nSPS) is 11.2. The summed E-state index contributed by atoms with van der Waals surface area (Å²) in [6, 6.07) is 11.2. The van der Waals surface area contributed by atoms with Gasteiger partial charge in [-0.05, 0) is 43.7 Å². The van der Waals surface area contributed by atoms with Crippen molar-refractivity contribution in [1.29, 1.82) is 0 Å². The Balaban J connectivity index is 1.51. The van der Waals surface area contributed by atoms with Crippen molar-refractivity contribution in [3.8, 4) is 17.4 Å². The molecule has 0 aliphatic heterocycles. The summed E-state index contributed by atoms with van der Waals surface area (Å²) in [6.45, 7) is 6.18. The zero-order valence-corrected chi connectivity index (χ0v) is 18.3. The molecule has 0 aliphatic carbocycles. The van der Waals surface area contributed by atoms with Crippen LogP contribution in [0.2, 0.25) is 0 Å². The van der Waals surface area contributed by atoms with Gasteiger partial charge >= 0.3 is 0 Å². The fraction of sp³-hybridized carbons (Fsp3) is 0.318. The maximum Gasteiger partial charge on any atom is 0.219 e. The molecule has 0 radical (unpaired) electrons. The van der Waals surface area contributed by atoms with Gasteiger partial charge in [0.05, 0.1) is 24.4 Å². The second-order valence-corrected chi connectivity index (χ2v) is 7.57. The Morgan fingerprint density at radius 2 is 1.90 bits per heavy atom. The predicted molar refractivity (Wildman–Crippen MR) is 121 cm³/mol. The molecule has 30 heavy (non-hydrogen) atoms. The van der Waals surface area contributed by atoms with Crippen LogP contribution in [0.1, 0.15) is 23.2 Å². The summed E-state index contributed by atoms with van der Waals surface area (Å²) < 4.78 is 10.9. The van der Waals surface area contributed by atoms with Gasteiger partial charge < -0.3 is 20.1 Å². The van der Waals surface area contributed by atoms with Crippen molar-refractivity contribution in [3.63, 3.8) is 0 Å². The lowest BCUT2D eigenvalue weighted by molar-refractivity contribution is 0.412. The fourth-order valence-corrected chi connectivity index (χ4v) is 3.32. The monoisotopic (exact) mass is 425 g/mol. The number of nitrogens with zero attached hydrogens (tertiary/aromatic N) is 3. The molecule has 0 saturated carbocycles. The summed E-state index contributed by atoms with van der Waals surface area (Å²) >= 11 is 1.68. The van der Waals surface area contributed by atoms with Gasteiger partial charge in [0.2, 0.25) is 5.88 Å². The van der Waals surface area contributed by atoms with Crippen molar-refractivity contribution in [2.24, 2.45) is 4.99 Å². The van der Waals surface area contributed by atoms with Crippen LogP contribution in [0.5, 0.6) is 17.4 Å². The first-order valence-electron chi connectivity index (χ1n) is 9.86. The largest absolute Gasteiger partial charge is 0.497 e. The summed E-state index contributed by atoms with van der Waals surface area (Å²) in [6.07, 6.45) is 2.65. The molecule has 0 bridgehead atoms. The van der Waals surface area contributed by atoms with Crippen molar-refractivity contribution in [1.82, 2.24) is 20.6 Å². The van der Waals surface area contributed by atoms with E-state index < -0.39 is 0 Å². The molecule has 0 amide bonds. The standard InChI is InChI=1S/C22H27N5O2S/c1-4-23-22(24-12-11-18-15-30-16(2)27-18)26-14-17-5-10-21(25-13-17)29-20-8-6-19(28-3)7-9-20/h5-10,13,15H,4,11-12,14H2,1-3H3,(H2,23,24,26). The lowest BCUT2D eigenvalue weighted by atomic mass is 10.3. The van der Waals surface area contributed by atoms with Crippen molar-refractivity contribution >= 4 is 17.3 Å². The van der Waals surface area contributed by atoms with Gasteiger partial charge in [0.1, 0.15) is 11.5 Å². The van der Waals surface area contributed by atoms with Crippen LogP contribution >= 0.6 is 11.3 Å². The zero-order valence-electron chi connectivity index (χ0n) is 17.5. The van der Waals surface area contributed by atoms with Gasteiger partial charge in [-0.1, -0.05) is 6.07 Å². The molecule has 2 heterocycles. The van der Waals surface area contributed by atoms with Crippen LogP contribution in [0, 0.1) is 6.92 Å². The Morgan fingerprint density at radius 3 is 2.53 bits per heavy atom. The van der Waals surface area contributed by atoms with Crippen molar-refractivity contribution in [3.05, 3.63) is 64.2 Å². The quantitative estimate of drug-likeness (QED) is 0.399. The molecular weight excluding hydrogens is 398 g/mol. The molecule has 2 aromatic heterocycles. The number of hydrogen-bond acceptors (Lipinski definition) is 6. The molecule has 0 unspecified atom stereocenters. The average molecular weight is 426 g/mol. The number of nitrogens with one attached hydrogen (secondary N) is 2. The molecule has 0 atom stereocenters. The molecule has 7 nitrogen and oxygen atoms in total. The van der Waals surface area contributed by atoms with Crippen LogP contribution in [0.4, 0.5) is 0 Å². The van der Waals surface area contributed by atoms with Gasteiger partial charge in [0, 0.05) is 37.2 Å². The van der Waals surface area contributed by atoms with Crippen LogP contribution in [-0.2, 0) is 13.0 Å². The van der Waals surface area contributed by atoms with E-state index in [0.29, 0.717) is 18.2 Å². The number of guanidine groups is 1. The number of rotatable bonds is 9. The predicted octanol–water partition coefficient (Wildman–Crippen LogP) is 3.95. The topological polar surface area (TPSA) is 80.7 Å². The Labute approximate surface area is 181 Å². The highest BCUT2D eigenvalue weighted by molar-refractivity contribution is 7.09. The third-order valence-corrected chi connectivity index (χ3v) is 5.01. The third-order valence-electron chi connectivity index (χ3n) is 4.18. The van der Waals surface area contributed by atoms with Crippen LogP contribution in [-0.4, -0.2) is 36.1 Å². The maximum atomic E-state index is 5.76. The van der Waals surface area contributed by atoms with E-state index in [4.69, 9.17) is 9.47 Å². The maximum absolute atomic E-state index is 5.76. The van der Waals surface area contributed by atoms with E-state index in [1.165, 1.54) is 0 Å². The van der Waals surface area contributed by atoms with Crippen LogP contribution < -0.4 is 20.1 Å². The molecular formula is C22H27N5O2S. The Kier molecular flexibility index (Phi) is 8.02. The third kappa shape index (κ3) is 6.73. The van der Waals surface area contributed by atoms with E-state index in [1.54, 1.807) is 24.6 Å². The summed E-state index contributed by atoms with van der Waals surface area (Å²) in [5, 5.41) is 9.81. The summed E-state index contributed by atoms with van der Waals surface area (Å²) in [4.78, 5) is 13.5. The zero-order chi connectivity index (χ0) is 21.2. The van der Waals surface area contributed by atoms with E-state index in [2.05, 4.69) is 31.0 Å². The van der Waals surface area contributed by atoms with E-state index in [-0.39, 0.29) is 0 Å². The molecule has 0 spiro atoms. The molecule has 0 aliphatic rings. The van der Waals surface area contributed by atoms with Crippen LogP contribution in [0.3, 0.4) is 0 Å². The van der Waals surface area contributed by atoms with Crippen molar-refractivity contribution < 1.29 is 9.47 Å². The SMILES string of the molecule is CCNC(=NCc1ccc(Oc2ccc(OC)cc2)nc1)NCCc1csc(C)n1. The summed E-state index contributed by atoms with van der Waals surface area (Å²) in [5.41, 5.74) is 2.11. The van der Waals surface area contributed by atoms with E-state index >= 15 is 0 Å². The molecule has 158 valence electrons. The number of ether oxygens (including phenoxy) is 2. The molecule has 1 aromatic carbocycles. The highest BCUT2D eigenvalue weighted by Crippen LogP contribution is 2.22. The summed E-state index contributed by atoms with van der Waals surface area (Å²) in [5.74, 6) is 2.82. The molecule has 3 rings (SSSR count). The Bertz CT molecular complexity index is 939. The van der Waals surface area contributed by atoms with Crippen molar-refractivity contribution in [2.45, 2.75) is 26.8 Å². The Hall–Kier alpha value is -3.13. The first-order chi connectivity index (χ1) is 14.7. The molecule has 3 aromatic rings. The molecule has 8 heteroatoms. The second-order valence-electron chi connectivity index (χ2n) is 6.51. The van der Waals surface area contributed by atoms with E-state index in [9.17, 15) is 0 Å². The number of thiazole rings is 1. The van der Waals surface area contributed by atoms with Gasteiger partial charge in [-0.15, -0.1) is 11.3 Å². The van der Waals surface area contributed by atoms with E-state index in [1.807, 2.05) is 50.2 Å².